The van der Waals surface area contributed by atoms with Crippen molar-refractivity contribution in [1.29, 1.82) is 0 Å². The molecule has 1 fully saturated rings. The molecule has 2 N–H and O–H groups in total. The molecule has 0 bridgehead atoms. The van der Waals surface area contributed by atoms with Crippen LogP contribution in [0.25, 0.3) is 10.8 Å². The largest absolute Gasteiger partial charge is 0.486 e. The number of pyridine rings is 1. The predicted molar refractivity (Wildman–Crippen MR) is 130 cm³/mol. The van der Waals surface area contributed by atoms with E-state index in [4.69, 9.17) is 9.47 Å². The van der Waals surface area contributed by atoms with E-state index in [1.165, 1.54) is 0 Å². The Bertz CT molecular complexity index is 1260. The maximum atomic E-state index is 13.2. The molecule has 7 nitrogen and oxygen atoms in total. The van der Waals surface area contributed by atoms with Crippen LogP contribution in [-0.4, -0.2) is 40.9 Å². The molecule has 0 saturated heterocycles. The second-order valence-electron chi connectivity index (χ2n) is 9.31. The van der Waals surface area contributed by atoms with Crippen molar-refractivity contribution in [3.05, 3.63) is 70.1 Å². The quantitative estimate of drug-likeness (QED) is 0.565. The molecule has 0 unspecified atom stereocenters. The van der Waals surface area contributed by atoms with Crippen molar-refractivity contribution in [2.75, 3.05) is 19.8 Å². The topological polar surface area (TPSA) is 89.8 Å². The second-order valence-corrected chi connectivity index (χ2v) is 9.31. The van der Waals surface area contributed by atoms with Crippen LogP contribution >= 0.6 is 0 Å². The van der Waals surface area contributed by atoms with Gasteiger partial charge in [0.1, 0.15) is 13.2 Å². The third-order valence-corrected chi connectivity index (χ3v) is 6.83. The smallest absolute Gasteiger partial charge is 0.258 e. The average Bonchev–Trinajstić information content (AvgIpc) is 3.08. The molecule has 178 valence electrons. The summed E-state index contributed by atoms with van der Waals surface area (Å²) in [5.74, 6) is 1.13. The average molecular weight is 463 g/mol. The lowest BCUT2D eigenvalue weighted by atomic mass is 9.94. The van der Waals surface area contributed by atoms with Crippen LogP contribution in [0.15, 0.2) is 53.5 Å². The molecule has 5 rings (SSSR count). The third kappa shape index (κ3) is 4.66. The highest BCUT2D eigenvalue weighted by molar-refractivity contribution is 6.06. The number of fused-ring (bicyclic) bond motifs is 2. The Morgan fingerprint density at radius 1 is 0.971 bits per heavy atom. The first kappa shape index (κ1) is 22.5. The Hall–Kier alpha value is -3.32. The molecule has 7 heteroatoms. The Labute approximate surface area is 198 Å². The highest BCUT2D eigenvalue weighted by Crippen LogP contribution is 2.31. The minimum Gasteiger partial charge on any atom is -0.486 e. The van der Waals surface area contributed by atoms with E-state index in [2.05, 4.69) is 5.32 Å². The number of hydrogen-bond acceptors (Lipinski definition) is 5. The SMILES string of the molecule is O=C(NCC1(O)CCCCCC1)c1cccc2c(=O)n(Cc3ccc4c(c3)OCCO4)ccc12. The third-order valence-electron chi connectivity index (χ3n) is 6.83. The molecule has 2 heterocycles. The molecule has 1 amide bonds. The maximum Gasteiger partial charge on any atom is 0.258 e. The summed E-state index contributed by atoms with van der Waals surface area (Å²) in [5, 5.41) is 14.9. The molecule has 2 aromatic carbocycles. The van der Waals surface area contributed by atoms with Crippen molar-refractivity contribution in [2.45, 2.75) is 50.7 Å². The standard InChI is InChI=1S/C27H30N2O5/c30-25(28-18-27(32)11-3-1-2-4-12-27)21-6-5-7-22-20(21)10-13-29(26(22)31)17-19-8-9-23-24(16-19)34-15-14-33-23/h5-10,13,16,32H,1-4,11-12,14-15,17-18H2,(H,28,30). The van der Waals surface area contributed by atoms with E-state index in [0.717, 1.165) is 31.2 Å². The summed E-state index contributed by atoms with van der Waals surface area (Å²) >= 11 is 0. The first-order valence-corrected chi connectivity index (χ1v) is 12.0. The van der Waals surface area contributed by atoms with Crippen LogP contribution < -0.4 is 20.3 Å². The van der Waals surface area contributed by atoms with Crippen molar-refractivity contribution < 1.29 is 19.4 Å². The zero-order valence-electron chi connectivity index (χ0n) is 19.2. The molecule has 1 aliphatic carbocycles. The number of carbonyl (C=O) groups is 1. The van der Waals surface area contributed by atoms with Crippen LogP contribution in [0.3, 0.4) is 0 Å². The minimum absolute atomic E-state index is 0.163. The van der Waals surface area contributed by atoms with Gasteiger partial charge in [-0.1, -0.05) is 37.8 Å². The fourth-order valence-electron chi connectivity index (χ4n) is 4.93. The summed E-state index contributed by atoms with van der Waals surface area (Å²) < 4.78 is 12.8. The Balaban J connectivity index is 1.36. The number of nitrogens with one attached hydrogen (secondary N) is 1. The van der Waals surface area contributed by atoms with Gasteiger partial charge in [0.05, 0.1) is 12.1 Å². The van der Waals surface area contributed by atoms with Crippen molar-refractivity contribution in [3.63, 3.8) is 0 Å². The summed E-state index contributed by atoms with van der Waals surface area (Å²) in [5.41, 5.74) is 0.353. The van der Waals surface area contributed by atoms with E-state index < -0.39 is 5.60 Å². The normalized spacial score (nSPS) is 17.2. The van der Waals surface area contributed by atoms with Gasteiger partial charge < -0.3 is 24.5 Å². The lowest BCUT2D eigenvalue weighted by Crippen LogP contribution is -2.42. The molecular formula is C27H30N2O5. The fraction of sp³-hybridized carbons (Fsp3) is 0.407. The second kappa shape index (κ2) is 9.50. The van der Waals surface area contributed by atoms with Crippen LogP contribution in [-0.2, 0) is 6.54 Å². The first-order valence-electron chi connectivity index (χ1n) is 12.0. The number of aromatic nitrogens is 1. The van der Waals surface area contributed by atoms with Gasteiger partial charge in [0.2, 0.25) is 0 Å². The number of aliphatic hydroxyl groups is 1. The molecule has 1 aromatic heterocycles. The van der Waals surface area contributed by atoms with Crippen LogP contribution in [0.1, 0.15) is 54.4 Å². The molecule has 1 saturated carbocycles. The zero-order valence-corrected chi connectivity index (χ0v) is 19.2. The molecule has 1 aliphatic heterocycles. The van der Waals surface area contributed by atoms with Gasteiger partial charge in [-0.25, -0.2) is 0 Å². The molecule has 0 spiro atoms. The van der Waals surface area contributed by atoms with Crippen LogP contribution in [0.4, 0.5) is 0 Å². The van der Waals surface area contributed by atoms with E-state index in [0.29, 0.717) is 60.4 Å². The number of rotatable bonds is 5. The van der Waals surface area contributed by atoms with Crippen LogP contribution in [0.2, 0.25) is 0 Å². The summed E-state index contributed by atoms with van der Waals surface area (Å²) in [7, 11) is 0. The maximum absolute atomic E-state index is 13.2. The molecular weight excluding hydrogens is 432 g/mol. The molecule has 3 aromatic rings. The van der Waals surface area contributed by atoms with Gasteiger partial charge in [0.25, 0.3) is 11.5 Å². The summed E-state index contributed by atoms with van der Waals surface area (Å²) in [6.07, 6.45) is 7.32. The van der Waals surface area contributed by atoms with Gasteiger partial charge in [-0.3, -0.25) is 9.59 Å². The number of benzene rings is 2. The lowest BCUT2D eigenvalue weighted by Gasteiger charge is -2.26. The van der Waals surface area contributed by atoms with Gasteiger partial charge in [-0.2, -0.15) is 0 Å². The number of amides is 1. The number of nitrogens with zero attached hydrogens (tertiary/aromatic N) is 1. The van der Waals surface area contributed by atoms with Crippen molar-refractivity contribution in [2.24, 2.45) is 0 Å². The van der Waals surface area contributed by atoms with Crippen LogP contribution in [0.5, 0.6) is 11.5 Å². The van der Waals surface area contributed by atoms with E-state index >= 15 is 0 Å². The van der Waals surface area contributed by atoms with Gasteiger partial charge in [0, 0.05) is 29.1 Å². The van der Waals surface area contributed by atoms with E-state index in [1.54, 1.807) is 29.0 Å². The lowest BCUT2D eigenvalue weighted by molar-refractivity contribution is 0.0247. The Morgan fingerprint density at radius 3 is 2.53 bits per heavy atom. The monoisotopic (exact) mass is 462 g/mol. The van der Waals surface area contributed by atoms with Crippen molar-refractivity contribution >= 4 is 16.7 Å². The minimum atomic E-state index is -0.854. The summed E-state index contributed by atoms with van der Waals surface area (Å²) in [4.78, 5) is 26.2. The van der Waals surface area contributed by atoms with Gasteiger partial charge in [-0.15, -0.1) is 0 Å². The predicted octanol–water partition coefficient (Wildman–Crippen LogP) is 3.64. The number of ether oxygens (including phenoxy) is 2. The highest BCUT2D eigenvalue weighted by Gasteiger charge is 2.28. The Morgan fingerprint density at radius 2 is 1.74 bits per heavy atom. The van der Waals surface area contributed by atoms with Crippen molar-refractivity contribution in [3.8, 4) is 11.5 Å². The molecule has 34 heavy (non-hydrogen) atoms. The van der Waals surface area contributed by atoms with E-state index in [1.807, 2.05) is 24.3 Å². The number of carbonyl (C=O) groups excluding carboxylic acids is 1. The van der Waals surface area contributed by atoms with Gasteiger partial charge in [0.15, 0.2) is 11.5 Å². The zero-order chi connectivity index (χ0) is 23.5. The molecule has 0 radical (unpaired) electrons. The first-order chi connectivity index (χ1) is 16.5. The van der Waals surface area contributed by atoms with E-state index in [-0.39, 0.29) is 18.0 Å². The summed E-state index contributed by atoms with van der Waals surface area (Å²) in [6, 6.07) is 12.7. The Kier molecular flexibility index (Phi) is 6.28. The van der Waals surface area contributed by atoms with Crippen LogP contribution in [0, 0.1) is 0 Å². The number of hydrogen-bond donors (Lipinski definition) is 2. The molecule has 2 aliphatic rings. The molecule has 0 atom stereocenters. The van der Waals surface area contributed by atoms with Crippen molar-refractivity contribution in [1.82, 2.24) is 9.88 Å². The fourth-order valence-corrected chi connectivity index (χ4v) is 4.93. The van der Waals surface area contributed by atoms with Gasteiger partial charge >= 0.3 is 0 Å². The highest BCUT2D eigenvalue weighted by atomic mass is 16.6. The van der Waals surface area contributed by atoms with Gasteiger partial charge in [-0.05, 0) is 48.7 Å². The van der Waals surface area contributed by atoms with E-state index in [9.17, 15) is 14.7 Å². The summed E-state index contributed by atoms with van der Waals surface area (Å²) in [6.45, 7) is 1.65.